The van der Waals surface area contributed by atoms with Crippen LogP contribution in [0, 0.1) is 11.8 Å². The molecule has 1 aliphatic carbocycles. The van der Waals surface area contributed by atoms with Crippen LogP contribution in [-0.2, 0) is 14.3 Å². The lowest BCUT2D eigenvalue weighted by Crippen LogP contribution is -2.45. The first-order chi connectivity index (χ1) is 11.6. The van der Waals surface area contributed by atoms with Crippen molar-refractivity contribution in [2.45, 2.75) is 38.3 Å². The molecule has 1 aromatic rings. The fourth-order valence-corrected chi connectivity index (χ4v) is 3.58. The smallest absolute Gasteiger partial charge is 0.309 e. The van der Waals surface area contributed by atoms with Crippen LogP contribution in [0.2, 0.25) is 0 Å². The van der Waals surface area contributed by atoms with Crippen LogP contribution in [0.25, 0.3) is 0 Å². The van der Waals surface area contributed by atoms with Gasteiger partial charge >= 0.3 is 5.97 Å². The van der Waals surface area contributed by atoms with E-state index in [4.69, 9.17) is 4.74 Å². The fourth-order valence-electron chi connectivity index (χ4n) is 3.58. The Morgan fingerprint density at radius 3 is 2.46 bits per heavy atom. The van der Waals surface area contributed by atoms with Gasteiger partial charge in [0.1, 0.15) is 0 Å². The van der Waals surface area contributed by atoms with Gasteiger partial charge in [-0.15, -0.1) is 0 Å². The molecule has 1 aliphatic heterocycles. The number of methoxy groups -OCH3 is 1. The number of hydrogen-bond acceptors (Lipinski definition) is 4. The van der Waals surface area contributed by atoms with E-state index in [1.165, 1.54) is 12.7 Å². The number of carbonyl (C=O) groups is 2. The second kappa shape index (κ2) is 7.34. The van der Waals surface area contributed by atoms with E-state index >= 15 is 0 Å². The van der Waals surface area contributed by atoms with E-state index in [0.717, 1.165) is 25.9 Å². The summed E-state index contributed by atoms with van der Waals surface area (Å²) in [6.07, 6.45) is 2.54. The van der Waals surface area contributed by atoms with Gasteiger partial charge in [0.15, 0.2) is 0 Å². The molecule has 2 fully saturated rings. The summed E-state index contributed by atoms with van der Waals surface area (Å²) >= 11 is 0. The molecule has 1 saturated carbocycles. The zero-order valence-electron chi connectivity index (χ0n) is 14.4. The highest BCUT2D eigenvalue weighted by Crippen LogP contribution is 2.39. The van der Waals surface area contributed by atoms with Crippen LogP contribution >= 0.6 is 0 Å². The molecule has 5 nitrogen and oxygen atoms in total. The fraction of sp³-hybridized carbons (Fsp3) is 0.579. The first-order valence-corrected chi connectivity index (χ1v) is 8.77. The minimum Gasteiger partial charge on any atom is -0.469 e. The molecule has 0 unspecified atom stereocenters. The van der Waals surface area contributed by atoms with Crippen molar-refractivity contribution in [3.05, 3.63) is 35.9 Å². The maximum atomic E-state index is 12.2. The minimum absolute atomic E-state index is 0.0138. The highest BCUT2D eigenvalue weighted by Gasteiger charge is 2.49. The van der Waals surface area contributed by atoms with Crippen molar-refractivity contribution in [1.82, 2.24) is 10.2 Å². The largest absolute Gasteiger partial charge is 0.469 e. The number of nitrogens with one attached hydrogen (secondary N) is 1. The van der Waals surface area contributed by atoms with Crippen molar-refractivity contribution in [3.63, 3.8) is 0 Å². The summed E-state index contributed by atoms with van der Waals surface area (Å²) in [6, 6.07) is 11.1. The van der Waals surface area contributed by atoms with Crippen molar-refractivity contribution < 1.29 is 14.3 Å². The van der Waals surface area contributed by atoms with E-state index in [0.29, 0.717) is 12.5 Å². The minimum atomic E-state index is -0.262. The summed E-state index contributed by atoms with van der Waals surface area (Å²) in [5, 5.41) is 3.12. The molecule has 0 spiro atoms. The average Bonchev–Trinajstić information content (AvgIpc) is 3.43. The first-order valence-electron chi connectivity index (χ1n) is 8.77. The topological polar surface area (TPSA) is 58.6 Å². The summed E-state index contributed by atoms with van der Waals surface area (Å²) in [7, 11) is 1.37. The summed E-state index contributed by atoms with van der Waals surface area (Å²) in [5.74, 6) is -0.659. The number of benzene rings is 1. The molecule has 24 heavy (non-hydrogen) atoms. The summed E-state index contributed by atoms with van der Waals surface area (Å²) in [6.45, 7) is 4.19. The maximum absolute atomic E-state index is 12.2. The number of ether oxygens (including phenoxy) is 1. The van der Waals surface area contributed by atoms with E-state index < -0.39 is 0 Å². The predicted octanol–water partition coefficient (Wildman–Crippen LogP) is 2.14. The number of rotatable bonds is 5. The van der Waals surface area contributed by atoms with Gasteiger partial charge in [-0.3, -0.25) is 14.5 Å². The molecule has 2 aliphatic rings. The predicted molar refractivity (Wildman–Crippen MR) is 91.2 cm³/mol. The Balaban J connectivity index is 1.44. The van der Waals surface area contributed by atoms with E-state index in [1.54, 1.807) is 0 Å². The number of piperidine rings is 1. The summed E-state index contributed by atoms with van der Waals surface area (Å²) in [4.78, 5) is 26.1. The Kier molecular flexibility index (Phi) is 5.19. The molecule has 130 valence electrons. The molecule has 1 amide bonds. The lowest BCUT2D eigenvalue weighted by Gasteiger charge is -2.36. The molecule has 5 heteroatoms. The molecule has 0 aromatic heterocycles. The molecule has 3 rings (SSSR count). The monoisotopic (exact) mass is 330 g/mol. The number of hydrogen-bond donors (Lipinski definition) is 1. The van der Waals surface area contributed by atoms with Crippen LogP contribution in [0.15, 0.2) is 30.3 Å². The molecular weight excluding hydrogens is 304 g/mol. The normalized spacial score (nSPS) is 25.8. The number of carbonyl (C=O) groups excluding carboxylic acids is 2. The van der Waals surface area contributed by atoms with Crippen molar-refractivity contribution in [1.29, 1.82) is 0 Å². The third-order valence-electron chi connectivity index (χ3n) is 5.34. The van der Waals surface area contributed by atoms with Gasteiger partial charge in [0.25, 0.3) is 0 Å². The van der Waals surface area contributed by atoms with Crippen LogP contribution in [0.3, 0.4) is 0 Å². The second-order valence-corrected chi connectivity index (χ2v) is 6.88. The number of amides is 1. The maximum Gasteiger partial charge on any atom is 0.309 e. The molecule has 1 aromatic carbocycles. The van der Waals surface area contributed by atoms with Crippen LogP contribution in [0.5, 0.6) is 0 Å². The van der Waals surface area contributed by atoms with E-state index in [9.17, 15) is 9.59 Å². The number of nitrogens with zero attached hydrogens (tertiary/aromatic N) is 1. The van der Waals surface area contributed by atoms with Gasteiger partial charge in [0.05, 0.1) is 18.9 Å². The molecular formula is C19H26N2O3. The summed E-state index contributed by atoms with van der Waals surface area (Å²) < 4.78 is 4.70. The Morgan fingerprint density at radius 1 is 1.17 bits per heavy atom. The third kappa shape index (κ3) is 3.78. The Labute approximate surface area is 143 Å². The average molecular weight is 330 g/mol. The zero-order valence-corrected chi connectivity index (χ0v) is 14.4. The van der Waals surface area contributed by atoms with Crippen LogP contribution in [0.1, 0.15) is 37.8 Å². The van der Waals surface area contributed by atoms with Gasteiger partial charge in [-0.05, 0) is 31.7 Å². The summed E-state index contributed by atoms with van der Waals surface area (Å²) in [5.41, 5.74) is 1.33. The van der Waals surface area contributed by atoms with E-state index in [-0.39, 0.29) is 29.8 Å². The number of esters is 1. The van der Waals surface area contributed by atoms with Gasteiger partial charge in [-0.2, -0.15) is 0 Å². The van der Waals surface area contributed by atoms with Crippen LogP contribution < -0.4 is 5.32 Å². The van der Waals surface area contributed by atoms with Gasteiger partial charge in [0.2, 0.25) is 5.91 Å². The second-order valence-electron chi connectivity index (χ2n) is 6.88. The highest BCUT2D eigenvalue weighted by molar-refractivity contribution is 5.90. The van der Waals surface area contributed by atoms with Crippen LogP contribution in [-0.4, -0.2) is 43.0 Å². The first kappa shape index (κ1) is 17.0. The highest BCUT2D eigenvalue weighted by atomic mass is 16.5. The van der Waals surface area contributed by atoms with Gasteiger partial charge in [0, 0.05) is 25.2 Å². The number of likely N-dealkylation sites (tertiary alicyclic amines) is 1. The van der Waals surface area contributed by atoms with E-state index in [2.05, 4.69) is 41.4 Å². The van der Waals surface area contributed by atoms with Crippen molar-refractivity contribution in [2.75, 3.05) is 20.2 Å². The van der Waals surface area contributed by atoms with Crippen molar-refractivity contribution >= 4 is 11.9 Å². The van der Waals surface area contributed by atoms with Gasteiger partial charge in [-0.1, -0.05) is 30.3 Å². The van der Waals surface area contributed by atoms with Gasteiger partial charge < -0.3 is 10.1 Å². The van der Waals surface area contributed by atoms with Crippen molar-refractivity contribution in [2.24, 2.45) is 11.8 Å². The molecule has 1 saturated heterocycles. The standard InChI is InChI=1S/C19H26N2O3/c1-13(14-6-4-3-5-7-14)21-10-8-15(9-11-21)20-18(22)16-12-17(16)19(23)24-2/h3-7,13,15-17H,8-12H2,1-2H3,(H,20,22)/t13-,16+,17-/m0/s1. The van der Waals surface area contributed by atoms with Crippen molar-refractivity contribution in [3.8, 4) is 0 Å². The van der Waals surface area contributed by atoms with Crippen LogP contribution in [0.4, 0.5) is 0 Å². The quantitative estimate of drug-likeness (QED) is 0.841. The van der Waals surface area contributed by atoms with E-state index in [1.807, 2.05) is 6.07 Å². The molecule has 1 heterocycles. The van der Waals surface area contributed by atoms with Gasteiger partial charge in [-0.25, -0.2) is 0 Å². The molecule has 3 atom stereocenters. The lowest BCUT2D eigenvalue weighted by atomic mass is 10.00. The Hall–Kier alpha value is -1.88. The third-order valence-corrected chi connectivity index (χ3v) is 5.34. The molecule has 1 N–H and O–H groups in total. The molecule has 0 radical (unpaired) electrons. The molecule has 0 bridgehead atoms. The Bertz CT molecular complexity index is 582. The Morgan fingerprint density at radius 2 is 1.83 bits per heavy atom. The lowest BCUT2D eigenvalue weighted by molar-refractivity contribution is -0.143. The zero-order chi connectivity index (χ0) is 17.1. The SMILES string of the molecule is COC(=O)[C@H]1C[C@H]1C(=O)NC1CCN([C@@H](C)c2ccccc2)CC1.